The highest BCUT2D eigenvalue weighted by Gasteiger charge is 2.37. The third-order valence-electron chi connectivity index (χ3n) is 5.35. The number of carbonyl (C=O) groups excluding carboxylic acids is 1. The van der Waals surface area contributed by atoms with Crippen LogP contribution in [0.15, 0.2) is 54.7 Å². The number of aromatic amines is 1. The van der Waals surface area contributed by atoms with E-state index in [1.165, 1.54) is 6.07 Å². The molecule has 3 rings (SSSR count). The summed E-state index contributed by atoms with van der Waals surface area (Å²) in [5.74, 6) is -0.392. The molecule has 2 heterocycles. The van der Waals surface area contributed by atoms with E-state index in [9.17, 15) is 9.18 Å². The van der Waals surface area contributed by atoms with Crippen LogP contribution in [-0.4, -0.2) is 47.9 Å². The van der Waals surface area contributed by atoms with E-state index in [1.807, 2.05) is 30.1 Å². The Kier molecular flexibility index (Phi) is 7.54. The van der Waals surface area contributed by atoms with Gasteiger partial charge in [-0.1, -0.05) is 18.2 Å². The molecular weight excluding hydrogens is 383 g/mol. The van der Waals surface area contributed by atoms with Crippen LogP contribution in [0.2, 0.25) is 0 Å². The van der Waals surface area contributed by atoms with Crippen molar-refractivity contribution in [2.75, 3.05) is 26.8 Å². The molecule has 2 aromatic rings. The standard InChI is InChI=1S/C23H29FN4O2/c1-18-10-11-19(8-5-13-25-26-18)22(29)27-28-14-6-12-23(16-28,17-30-2)15-20-7-3-4-9-21(20)24/h3-5,7-11,13,26H,6,12,14-17H2,1-2H3,(H,27,29). The van der Waals surface area contributed by atoms with Crippen LogP contribution in [0.4, 0.5) is 4.39 Å². The largest absolute Gasteiger partial charge is 0.384 e. The molecule has 160 valence electrons. The minimum Gasteiger partial charge on any atom is -0.384 e. The van der Waals surface area contributed by atoms with Gasteiger partial charge in [-0.25, -0.2) is 9.40 Å². The summed E-state index contributed by atoms with van der Waals surface area (Å²) in [6, 6.07) is 13.9. The zero-order valence-corrected chi connectivity index (χ0v) is 17.5. The summed E-state index contributed by atoms with van der Waals surface area (Å²) in [4.78, 5) is 12.9. The van der Waals surface area contributed by atoms with Crippen molar-refractivity contribution in [3.63, 3.8) is 0 Å². The zero-order chi connectivity index (χ0) is 21.4. The van der Waals surface area contributed by atoms with Gasteiger partial charge in [-0.05, 0) is 62.1 Å². The van der Waals surface area contributed by atoms with Crippen molar-refractivity contribution in [2.45, 2.75) is 26.2 Å². The van der Waals surface area contributed by atoms with Gasteiger partial charge in [0.1, 0.15) is 5.82 Å². The zero-order valence-electron chi connectivity index (χ0n) is 17.5. The average molecular weight is 413 g/mol. The fraction of sp³-hybridized carbons (Fsp3) is 0.391. The van der Waals surface area contributed by atoms with Gasteiger partial charge >= 0.3 is 0 Å². The van der Waals surface area contributed by atoms with Gasteiger partial charge in [0.15, 0.2) is 0 Å². The van der Waals surface area contributed by atoms with E-state index < -0.39 is 0 Å². The van der Waals surface area contributed by atoms with Gasteiger partial charge < -0.3 is 4.74 Å². The minimum atomic E-state index is -0.266. The van der Waals surface area contributed by atoms with Gasteiger partial charge in [0.05, 0.1) is 6.61 Å². The number of hydrogen-bond donors (Lipinski definition) is 2. The van der Waals surface area contributed by atoms with Crippen molar-refractivity contribution in [1.29, 1.82) is 0 Å². The van der Waals surface area contributed by atoms with Crippen LogP contribution in [-0.2, 0) is 11.2 Å². The number of nitrogens with one attached hydrogen (secondary N) is 2. The van der Waals surface area contributed by atoms with Crippen molar-refractivity contribution in [1.82, 2.24) is 20.6 Å². The molecule has 1 saturated heterocycles. The first-order valence-corrected chi connectivity index (χ1v) is 10.1. The molecule has 30 heavy (non-hydrogen) atoms. The van der Waals surface area contributed by atoms with Crippen LogP contribution < -0.4 is 5.43 Å². The molecule has 1 amide bonds. The highest BCUT2D eigenvalue weighted by atomic mass is 19.1. The first-order valence-electron chi connectivity index (χ1n) is 10.1. The summed E-state index contributed by atoms with van der Waals surface area (Å²) in [6.07, 6.45) is 3.96. The SMILES string of the molecule is COCC1(Cc2ccccc2F)CCCN(NC(=O)c2cccn[nH]c(C)cc2)C1. The van der Waals surface area contributed by atoms with Crippen molar-refractivity contribution < 1.29 is 13.9 Å². The van der Waals surface area contributed by atoms with Gasteiger partial charge in [-0.2, -0.15) is 5.10 Å². The maximum atomic E-state index is 14.3. The number of benzene rings is 1. The van der Waals surface area contributed by atoms with Gasteiger partial charge in [0.2, 0.25) is 0 Å². The lowest BCUT2D eigenvalue weighted by atomic mass is 9.76. The first-order chi connectivity index (χ1) is 14.5. The van der Waals surface area contributed by atoms with Crippen molar-refractivity contribution >= 4 is 5.91 Å². The van der Waals surface area contributed by atoms with Crippen molar-refractivity contribution in [3.05, 3.63) is 77.4 Å². The number of aromatic nitrogens is 2. The number of amides is 1. The van der Waals surface area contributed by atoms with Crippen molar-refractivity contribution in [2.24, 2.45) is 5.41 Å². The molecule has 1 aliphatic rings. The highest BCUT2D eigenvalue weighted by Crippen LogP contribution is 2.34. The van der Waals surface area contributed by atoms with E-state index >= 15 is 0 Å². The van der Waals surface area contributed by atoms with E-state index in [0.29, 0.717) is 30.7 Å². The molecule has 6 nitrogen and oxygen atoms in total. The Bertz CT molecular complexity index is 911. The molecule has 1 aliphatic heterocycles. The predicted octanol–water partition coefficient (Wildman–Crippen LogP) is 3.60. The number of rotatable bonds is 6. The molecular formula is C23H29FN4O2. The molecule has 2 N–H and O–H groups in total. The Morgan fingerprint density at radius 1 is 1.27 bits per heavy atom. The number of hydrazine groups is 1. The Balaban J connectivity index is 1.76. The number of methoxy groups -OCH3 is 1. The Morgan fingerprint density at radius 3 is 2.90 bits per heavy atom. The summed E-state index contributed by atoms with van der Waals surface area (Å²) in [7, 11) is 1.66. The summed E-state index contributed by atoms with van der Waals surface area (Å²) < 4.78 is 19.8. The highest BCUT2D eigenvalue weighted by molar-refractivity contribution is 5.93. The molecule has 7 heteroatoms. The number of aryl methyl sites for hydroxylation is 1. The number of nitrogens with zero attached hydrogens (tertiary/aromatic N) is 2. The van der Waals surface area contributed by atoms with Crippen LogP contribution in [0.5, 0.6) is 0 Å². The van der Waals surface area contributed by atoms with E-state index in [4.69, 9.17) is 4.74 Å². The van der Waals surface area contributed by atoms with Crippen molar-refractivity contribution in [3.8, 4) is 0 Å². The summed E-state index contributed by atoms with van der Waals surface area (Å²) >= 11 is 0. The summed E-state index contributed by atoms with van der Waals surface area (Å²) in [5, 5.41) is 8.81. The number of ether oxygens (including phenoxy) is 1. The second-order valence-corrected chi connectivity index (χ2v) is 7.89. The number of halogens is 1. The average Bonchev–Trinajstić information content (AvgIpc) is 2.82. The van der Waals surface area contributed by atoms with E-state index in [1.54, 1.807) is 37.6 Å². The normalized spacial score (nSPS) is 19.2. The van der Waals surface area contributed by atoms with Crippen LogP contribution in [0.3, 0.4) is 0 Å². The van der Waals surface area contributed by atoms with E-state index in [-0.39, 0.29) is 17.1 Å². The molecule has 0 aliphatic carbocycles. The van der Waals surface area contributed by atoms with Crippen LogP contribution >= 0.6 is 0 Å². The maximum Gasteiger partial charge on any atom is 0.265 e. The van der Waals surface area contributed by atoms with Gasteiger partial charge in [0, 0.05) is 43.1 Å². The van der Waals surface area contributed by atoms with Gasteiger partial charge in [-0.3, -0.25) is 15.3 Å². The fourth-order valence-corrected chi connectivity index (χ4v) is 3.96. The molecule has 0 radical (unpaired) electrons. The quantitative estimate of drug-likeness (QED) is 0.761. The third-order valence-corrected chi connectivity index (χ3v) is 5.35. The summed E-state index contributed by atoms with van der Waals surface area (Å²) in [6.45, 7) is 3.71. The smallest absolute Gasteiger partial charge is 0.265 e. The molecule has 0 saturated carbocycles. The molecule has 1 atom stereocenters. The first kappa shape index (κ1) is 21.9. The molecule has 0 spiro atoms. The lowest BCUT2D eigenvalue weighted by molar-refractivity contribution is -0.00621. The minimum absolute atomic E-state index is 0.190. The molecule has 1 fully saturated rings. The Labute approximate surface area is 176 Å². The van der Waals surface area contributed by atoms with Gasteiger partial charge in [0.25, 0.3) is 5.91 Å². The van der Waals surface area contributed by atoms with Crippen LogP contribution in [0.1, 0.15) is 34.5 Å². The molecule has 0 bridgehead atoms. The predicted molar refractivity (Wildman–Crippen MR) is 114 cm³/mol. The number of hydrogen-bond acceptors (Lipinski definition) is 4. The molecule has 1 unspecified atom stereocenters. The van der Waals surface area contributed by atoms with E-state index in [0.717, 1.165) is 25.1 Å². The van der Waals surface area contributed by atoms with Crippen LogP contribution in [0, 0.1) is 18.2 Å². The maximum absolute atomic E-state index is 14.3. The topological polar surface area (TPSA) is 70.2 Å². The number of piperidine rings is 1. The number of carbonyl (C=O) groups is 1. The molecule has 1 aromatic carbocycles. The molecule has 1 aromatic heterocycles. The van der Waals surface area contributed by atoms with Gasteiger partial charge in [-0.15, -0.1) is 0 Å². The lowest BCUT2D eigenvalue weighted by Crippen LogP contribution is -2.53. The number of H-pyrrole nitrogens is 1. The Morgan fingerprint density at radius 2 is 2.10 bits per heavy atom. The second kappa shape index (κ2) is 10.3. The third kappa shape index (κ3) is 5.87. The second-order valence-electron chi connectivity index (χ2n) is 7.89. The lowest BCUT2D eigenvalue weighted by Gasteiger charge is -2.42. The monoisotopic (exact) mass is 412 g/mol. The Hall–Kier alpha value is -2.77. The van der Waals surface area contributed by atoms with E-state index in [2.05, 4.69) is 15.6 Å². The van der Waals surface area contributed by atoms with Crippen LogP contribution in [0.25, 0.3) is 0 Å². The fourth-order valence-electron chi connectivity index (χ4n) is 3.96. The summed E-state index contributed by atoms with van der Waals surface area (Å²) in [5.41, 5.74) is 4.79.